The van der Waals surface area contributed by atoms with Crippen molar-refractivity contribution >= 4 is 12.0 Å². The predicted molar refractivity (Wildman–Crippen MR) is 155 cm³/mol. The maximum atomic E-state index is 12.9. The first-order chi connectivity index (χ1) is 21.7. The highest BCUT2D eigenvalue weighted by Crippen LogP contribution is 2.35. The standard InChI is InChI=1S/C31H36N2O12/c1-15(31(39)33-25-26(36)28(38)30-29(27(25)37)42-14-43-30)6-16-2-4-22(21(35)7-16)45-19-9-18(20(34)10-19)11-32-44-12-17-3-5-23-24(8-17)41-13-40-23/h2-8,11,19-20,25-30,32,34-38H,9-10,12-14H2,1H3,(H,33,39)/t19-,20-,25-,26+,27-,28-,29+,30-/m1/s1. The van der Waals surface area contributed by atoms with Crippen molar-refractivity contribution in [3.05, 3.63) is 64.9 Å². The third-order valence-corrected chi connectivity index (χ3v) is 8.30. The second-order valence-electron chi connectivity index (χ2n) is 11.4. The molecule has 4 aliphatic rings. The number of amides is 1. The number of hydrogen-bond acceptors (Lipinski definition) is 13. The largest absolute Gasteiger partial charge is 0.504 e. The lowest BCUT2D eigenvalue weighted by Gasteiger charge is -2.41. The Kier molecular flexibility index (Phi) is 9.14. The van der Waals surface area contributed by atoms with Crippen molar-refractivity contribution in [1.29, 1.82) is 0 Å². The molecule has 2 aliphatic heterocycles. The first kappa shape index (κ1) is 31.1. The number of hydroxylamine groups is 1. The first-order valence-corrected chi connectivity index (χ1v) is 14.6. The number of carbonyl (C=O) groups is 1. The molecule has 14 heteroatoms. The number of aromatic hydroxyl groups is 1. The van der Waals surface area contributed by atoms with Crippen LogP contribution in [0.3, 0.4) is 0 Å². The molecule has 0 radical (unpaired) electrons. The normalized spacial score (nSPS) is 31.6. The van der Waals surface area contributed by atoms with E-state index in [0.717, 1.165) is 5.56 Å². The summed E-state index contributed by atoms with van der Waals surface area (Å²) in [6, 6.07) is 9.00. The fourth-order valence-electron chi connectivity index (χ4n) is 5.84. The van der Waals surface area contributed by atoms with Crippen LogP contribution in [-0.2, 0) is 25.7 Å². The third-order valence-electron chi connectivity index (χ3n) is 8.30. The monoisotopic (exact) mass is 628 g/mol. The van der Waals surface area contributed by atoms with Crippen LogP contribution in [0.4, 0.5) is 0 Å². The molecule has 2 aromatic rings. The maximum Gasteiger partial charge on any atom is 0.247 e. The summed E-state index contributed by atoms with van der Waals surface area (Å²) < 4.78 is 27.2. The Hall–Kier alpha value is -3.89. The van der Waals surface area contributed by atoms with Gasteiger partial charge in [0.2, 0.25) is 12.7 Å². The van der Waals surface area contributed by atoms with E-state index in [1.807, 2.05) is 18.2 Å². The molecule has 1 saturated heterocycles. The Morgan fingerprint density at radius 3 is 2.56 bits per heavy atom. The van der Waals surface area contributed by atoms with Gasteiger partial charge in [0.15, 0.2) is 23.0 Å². The van der Waals surface area contributed by atoms with Crippen LogP contribution in [-0.4, -0.2) is 93.8 Å². The van der Waals surface area contributed by atoms with Crippen molar-refractivity contribution in [3.8, 4) is 23.0 Å². The smallest absolute Gasteiger partial charge is 0.247 e. The topological polar surface area (TPSA) is 198 Å². The zero-order valence-electron chi connectivity index (χ0n) is 24.4. The van der Waals surface area contributed by atoms with E-state index in [-0.39, 0.29) is 43.4 Å². The molecular weight excluding hydrogens is 592 g/mol. The number of ether oxygens (including phenoxy) is 5. The number of aliphatic hydroxyl groups is 4. The van der Waals surface area contributed by atoms with Crippen LogP contribution in [0, 0.1) is 0 Å². The molecule has 14 nitrogen and oxygen atoms in total. The molecule has 242 valence electrons. The summed E-state index contributed by atoms with van der Waals surface area (Å²) in [4.78, 5) is 18.4. The number of aliphatic hydroxyl groups excluding tert-OH is 4. The molecule has 0 aromatic heterocycles. The van der Waals surface area contributed by atoms with E-state index in [0.29, 0.717) is 35.5 Å². The van der Waals surface area contributed by atoms with Gasteiger partial charge in [-0.15, -0.1) is 0 Å². The second kappa shape index (κ2) is 13.2. The quantitative estimate of drug-likeness (QED) is 0.114. The molecular formula is C31H36N2O12. The van der Waals surface area contributed by atoms with Crippen LogP contribution in [0.5, 0.6) is 23.0 Å². The highest BCUT2D eigenvalue weighted by Gasteiger charge is 2.53. The summed E-state index contributed by atoms with van der Waals surface area (Å²) in [5.74, 6) is 0.837. The predicted octanol–water partition coefficient (Wildman–Crippen LogP) is 0.354. The minimum Gasteiger partial charge on any atom is -0.504 e. The van der Waals surface area contributed by atoms with Crippen LogP contribution in [0.15, 0.2) is 53.7 Å². The van der Waals surface area contributed by atoms with Crippen LogP contribution >= 0.6 is 0 Å². The zero-order chi connectivity index (χ0) is 31.7. The SMILES string of the molecule is CC(=Cc1ccc(O[C@@H]2CC(=CNOCc3ccc4c(c3)OCO4)[C@H](O)C2)c(O)c1)C(=O)N[C@@H]1[C@H](O)[C@@H](O)[C@H]2OCO[C@H]2[C@@H]1O. The van der Waals surface area contributed by atoms with E-state index in [1.54, 1.807) is 18.3 Å². The van der Waals surface area contributed by atoms with E-state index in [9.17, 15) is 30.3 Å². The summed E-state index contributed by atoms with van der Waals surface area (Å²) >= 11 is 0. The van der Waals surface area contributed by atoms with Gasteiger partial charge in [0, 0.05) is 24.6 Å². The molecule has 6 rings (SSSR count). The van der Waals surface area contributed by atoms with Crippen molar-refractivity contribution in [2.45, 2.75) is 75.1 Å². The molecule has 2 aromatic carbocycles. The van der Waals surface area contributed by atoms with Gasteiger partial charge in [-0.2, -0.15) is 0 Å². The lowest BCUT2D eigenvalue weighted by atomic mass is 9.83. The maximum absolute atomic E-state index is 12.9. The average Bonchev–Trinajstić information content (AvgIpc) is 3.78. The fourth-order valence-corrected chi connectivity index (χ4v) is 5.84. The van der Waals surface area contributed by atoms with Gasteiger partial charge in [-0.25, -0.2) is 0 Å². The summed E-state index contributed by atoms with van der Waals surface area (Å²) in [6.45, 7) is 1.87. The Morgan fingerprint density at radius 2 is 1.76 bits per heavy atom. The van der Waals surface area contributed by atoms with Gasteiger partial charge in [0.1, 0.15) is 43.4 Å². The Morgan fingerprint density at radius 1 is 0.978 bits per heavy atom. The van der Waals surface area contributed by atoms with Gasteiger partial charge in [-0.1, -0.05) is 12.1 Å². The minimum atomic E-state index is -1.46. The van der Waals surface area contributed by atoms with E-state index in [2.05, 4.69) is 10.8 Å². The van der Waals surface area contributed by atoms with E-state index < -0.39 is 48.6 Å². The van der Waals surface area contributed by atoms with Gasteiger partial charge in [-0.05, 0) is 54.0 Å². The molecule has 7 N–H and O–H groups in total. The molecule has 0 spiro atoms. The molecule has 2 heterocycles. The van der Waals surface area contributed by atoms with Crippen molar-refractivity contribution in [1.82, 2.24) is 10.8 Å². The lowest BCUT2D eigenvalue weighted by molar-refractivity contribution is -0.155. The number of rotatable bonds is 9. The van der Waals surface area contributed by atoms with Gasteiger partial charge in [0.05, 0.1) is 18.8 Å². The highest BCUT2D eigenvalue weighted by molar-refractivity contribution is 5.97. The number of nitrogens with one attached hydrogen (secondary N) is 2. The molecule has 3 fully saturated rings. The van der Waals surface area contributed by atoms with Crippen LogP contribution < -0.4 is 25.0 Å². The zero-order valence-corrected chi connectivity index (χ0v) is 24.4. The van der Waals surface area contributed by atoms with Gasteiger partial charge >= 0.3 is 0 Å². The molecule has 0 unspecified atom stereocenters. The number of carbonyl (C=O) groups excluding carboxylic acids is 1. The lowest BCUT2D eigenvalue weighted by Crippen LogP contribution is -2.67. The summed E-state index contributed by atoms with van der Waals surface area (Å²) in [5, 5.41) is 55.0. The number of phenols is 1. The van der Waals surface area contributed by atoms with Gasteiger partial charge in [-0.3, -0.25) is 15.1 Å². The van der Waals surface area contributed by atoms with Crippen LogP contribution in [0.1, 0.15) is 30.9 Å². The number of benzene rings is 2. The summed E-state index contributed by atoms with van der Waals surface area (Å²) in [6.07, 6.45) is -3.15. The van der Waals surface area contributed by atoms with Crippen molar-refractivity contribution in [3.63, 3.8) is 0 Å². The van der Waals surface area contributed by atoms with Gasteiger partial charge < -0.3 is 54.5 Å². The Bertz CT molecular complexity index is 1460. The third kappa shape index (κ3) is 6.72. The second-order valence-corrected chi connectivity index (χ2v) is 11.4. The Labute approximate surface area is 258 Å². The molecule has 0 bridgehead atoms. The average molecular weight is 629 g/mol. The van der Waals surface area contributed by atoms with Crippen molar-refractivity contribution in [2.75, 3.05) is 13.6 Å². The summed E-state index contributed by atoms with van der Waals surface area (Å²) in [5.41, 5.74) is 5.06. The molecule has 1 amide bonds. The highest BCUT2D eigenvalue weighted by atomic mass is 16.7. The molecule has 2 saturated carbocycles. The molecule has 8 atom stereocenters. The first-order valence-electron chi connectivity index (χ1n) is 14.6. The van der Waals surface area contributed by atoms with Crippen LogP contribution in [0.25, 0.3) is 6.08 Å². The fraction of sp³-hybridized carbons (Fsp3) is 0.452. The number of fused-ring (bicyclic) bond motifs is 2. The Balaban J connectivity index is 1.00. The van der Waals surface area contributed by atoms with Crippen LogP contribution in [0.2, 0.25) is 0 Å². The number of hydrogen-bond donors (Lipinski definition) is 7. The van der Waals surface area contributed by atoms with Crippen molar-refractivity contribution < 1.29 is 58.8 Å². The summed E-state index contributed by atoms with van der Waals surface area (Å²) in [7, 11) is 0. The minimum absolute atomic E-state index is 0.131. The number of phenolic OH excluding ortho intramolecular Hbond substituents is 1. The van der Waals surface area contributed by atoms with E-state index >= 15 is 0 Å². The molecule has 45 heavy (non-hydrogen) atoms. The molecule has 2 aliphatic carbocycles. The van der Waals surface area contributed by atoms with E-state index in [4.69, 9.17) is 28.5 Å². The van der Waals surface area contributed by atoms with Gasteiger partial charge in [0.25, 0.3) is 0 Å². The van der Waals surface area contributed by atoms with E-state index in [1.165, 1.54) is 19.1 Å². The van der Waals surface area contributed by atoms with Crippen molar-refractivity contribution in [2.24, 2.45) is 0 Å².